The lowest BCUT2D eigenvalue weighted by atomic mass is 10.1. The van der Waals surface area contributed by atoms with Crippen LogP contribution >= 0.6 is 22.6 Å². The highest BCUT2D eigenvalue weighted by molar-refractivity contribution is 14.1. The van der Waals surface area contributed by atoms with Gasteiger partial charge in [0.2, 0.25) is 0 Å². The number of hydrogen-bond acceptors (Lipinski definition) is 1. The van der Waals surface area contributed by atoms with E-state index in [-0.39, 0.29) is 5.82 Å². The molecule has 0 saturated heterocycles. The average molecular weight is 293 g/mol. The number of benzene rings is 1. The Morgan fingerprint density at radius 3 is 2.69 bits per heavy atom. The molecule has 0 aliphatic rings. The highest BCUT2D eigenvalue weighted by Gasteiger charge is 2.10. The Morgan fingerprint density at radius 1 is 1.54 bits per heavy atom. The van der Waals surface area contributed by atoms with Crippen LogP contribution in [0.1, 0.15) is 24.9 Å². The minimum atomic E-state index is -0.167. The van der Waals surface area contributed by atoms with Gasteiger partial charge in [-0.25, -0.2) is 4.39 Å². The van der Waals surface area contributed by atoms with Gasteiger partial charge in [0, 0.05) is 9.61 Å². The van der Waals surface area contributed by atoms with E-state index in [4.69, 9.17) is 0 Å². The van der Waals surface area contributed by atoms with E-state index in [2.05, 4.69) is 34.8 Å². The second-order valence-electron chi connectivity index (χ2n) is 2.92. The SMILES string of the molecule is CCC(NC)c1ccc(F)cc1I. The first-order valence-electron chi connectivity index (χ1n) is 4.31. The number of halogens is 2. The van der Waals surface area contributed by atoms with Gasteiger partial charge in [-0.2, -0.15) is 0 Å². The molecule has 1 N–H and O–H groups in total. The Morgan fingerprint density at radius 2 is 2.23 bits per heavy atom. The summed E-state index contributed by atoms with van der Waals surface area (Å²) in [4.78, 5) is 0. The van der Waals surface area contributed by atoms with Gasteiger partial charge in [-0.1, -0.05) is 13.0 Å². The van der Waals surface area contributed by atoms with Gasteiger partial charge < -0.3 is 5.32 Å². The summed E-state index contributed by atoms with van der Waals surface area (Å²) >= 11 is 2.17. The molecule has 1 unspecified atom stereocenters. The van der Waals surface area contributed by atoms with Gasteiger partial charge in [-0.15, -0.1) is 0 Å². The van der Waals surface area contributed by atoms with Crippen LogP contribution in [0.25, 0.3) is 0 Å². The van der Waals surface area contributed by atoms with Crippen molar-refractivity contribution in [1.29, 1.82) is 0 Å². The molecule has 72 valence electrons. The second kappa shape index (κ2) is 4.91. The van der Waals surface area contributed by atoms with E-state index in [1.165, 1.54) is 11.6 Å². The van der Waals surface area contributed by atoms with Crippen LogP contribution in [-0.4, -0.2) is 7.05 Å². The molecule has 0 heterocycles. The highest BCUT2D eigenvalue weighted by atomic mass is 127. The van der Waals surface area contributed by atoms with Crippen molar-refractivity contribution in [2.24, 2.45) is 0 Å². The predicted octanol–water partition coefficient (Wildman–Crippen LogP) is 3.10. The van der Waals surface area contributed by atoms with Crippen molar-refractivity contribution in [3.8, 4) is 0 Å². The maximum atomic E-state index is 12.8. The first-order valence-corrected chi connectivity index (χ1v) is 5.39. The summed E-state index contributed by atoms with van der Waals surface area (Å²) in [6, 6.07) is 5.25. The van der Waals surface area contributed by atoms with E-state index < -0.39 is 0 Å². The average Bonchev–Trinajstić information content (AvgIpc) is 2.10. The van der Waals surface area contributed by atoms with E-state index in [9.17, 15) is 4.39 Å². The fourth-order valence-electron chi connectivity index (χ4n) is 1.36. The smallest absolute Gasteiger partial charge is 0.124 e. The molecule has 0 aromatic heterocycles. The molecule has 1 aromatic carbocycles. The van der Waals surface area contributed by atoms with Gasteiger partial charge in [-0.05, 0) is 53.8 Å². The van der Waals surface area contributed by atoms with E-state index in [1.807, 2.05) is 13.1 Å². The summed E-state index contributed by atoms with van der Waals surface area (Å²) in [5.41, 5.74) is 1.17. The minimum absolute atomic E-state index is 0.167. The summed E-state index contributed by atoms with van der Waals surface area (Å²) in [6.45, 7) is 2.11. The molecule has 1 aromatic rings. The molecule has 3 heteroatoms. The lowest BCUT2D eigenvalue weighted by Gasteiger charge is -2.15. The fraction of sp³-hybridized carbons (Fsp3) is 0.400. The van der Waals surface area contributed by atoms with E-state index in [1.54, 1.807) is 6.07 Å². The first-order chi connectivity index (χ1) is 6.19. The molecule has 0 bridgehead atoms. The van der Waals surface area contributed by atoms with E-state index >= 15 is 0 Å². The molecule has 0 fully saturated rings. The molecule has 0 aliphatic heterocycles. The molecular weight excluding hydrogens is 280 g/mol. The van der Waals surface area contributed by atoms with E-state index in [0.717, 1.165) is 9.99 Å². The molecule has 1 atom stereocenters. The van der Waals surface area contributed by atoms with Crippen LogP contribution in [0.5, 0.6) is 0 Å². The molecule has 1 nitrogen and oxygen atoms in total. The van der Waals surface area contributed by atoms with Crippen molar-refractivity contribution in [1.82, 2.24) is 5.32 Å². The van der Waals surface area contributed by atoms with Crippen molar-refractivity contribution >= 4 is 22.6 Å². The molecule has 0 radical (unpaired) electrons. The van der Waals surface area contributed by atoms with Gasteiger partial charge in [-0.3, -0.25) is 0 Å². The lowest BCUT2D eigenvalue weighted by Crippen LogP contribution is -2.16. The van der Waals surface area contributed by atoms with Crippen LogP contribution in [-0.2, 0) is 0 Å². The zero-order chi connectivity index (χ0) is 9.84. The summed E-state index contributed by atoms with van der Waals surface area (Å²) in [7, 11) is 1.92. The fourth-order valence-corrected chi connectivity index (χ4v) is 2.22. The summed E-state index contributed by atoms with van der Waals surface area (Å²) < 4.78 is 13.8. The van der Waals surface area contributed by atoms with Crippen LogP contribution in [0.2, 0.25) is 0 Å². The Kier molecular flexibility index (Phi) is 4.12. The maximum absolute atomic E-state index is 12.8. The van der Waals surface area contributed by atoms with Crippen molar-refractivity contribution < 1.29 is 4.39 Å². The van der Waals surface area contributed by atoms with Crippen LogP contribution in [0.4, 0.5) is 4.39 Å². The summed E-state index contributed by atoms with van der Waals surface area (Å²) in [6.07, 6.45) is 1.01. The monoisotopic (exact) mass is 293 g/mol. The van der Waals surface area contributed by atoms with Gasteiger partial charge in [0.25, 0.3) is 0 Å². The van der Waals surface area contributed by atoms with Crippen molar-refractivity contribution in [2.75, 3.05) is 7.05 Å². The van der Waals surface area contributed by atoms with Crippen LogP contribution in [0.3, 0.4) is 0 Å². The predicted molar refractivity (Wildman–Crippen MR) is 61.2 cm³/mol. The van der Waals surface area contributed by atoms with Crippen molar-refractivity contribution in [3.63, 3.8) is 0 Å². The Balaban J connectivity index is 2.99. The molecule has 13 heavy (non-hydrogen) atoms. The number of hydrogen-bond donors (Lipinski definition) is 1. The van der Waals surface area contributed by atoms with Gasteiger partial charge in [0.15, 0.2) is 0 Å². The normalized spacial score (nSPS) is 12.9. The molecule has 0 saturated carbocycles. The number of rotatable bonds is 3. The Bertz CT molecular complexity index is 284. The molecule has 1 rings (SSSR count). The molecule has 0 aliphatic carbocycles. The molecule has 0 amide bonds. The van der Waals surface area contributed by atoms with Gasteiger partial charge in [0.05, 0.1) is 0 Å². The largest absolute Gasteiger partial charge is 0.313 e. The van der Waals surface area contributed by atoms with Gasteiger partial charge >= 0.3 is 0 Å². The van der Waals surface area contributed by atoms with Crippen LogP contribution in [0, 0.1) is 9.39 Å². The third-order valence-electron chi connectivity index (χ3n) is 2.09. The quantitative estimate of drug-likeness (QED) is 0.844. The third kappa shape index (κ3) is 2.64. The summed E-state index contributed by atoms with van der Waals surface area (Å²) in [5.74, 6) is -0.167. The summed E-state index contributed by atoms with van der Waals surface area (Å²) in [5, 5.41) is 3.20. The standard InChI is InChI=1S/C10H13FIN/c1-3-10(13-2)8-5-4-7(11)6-9(8)12/h4-6,10,13H,3H2,1-2H3. The van der Waals surface area contributed by atoms with Crippen molar-refractivity contribution in [2.45, 2.75) is 19.4 Å². The highest BCUT2D eigenvalue weighted by Crippen LogP contribution is 2.22. The minimum Gasteiger partial charge on any atom is -0.313 e. The first kappa shape index (κ1) is 10.9. The Labute approximate surface area is 91.9 Å². The van der Waals surface area contributed by atoms with Crippen LogP contribution < -0.4 is 5.32 Å². The maximum Gasteiger partial charge on any atom is 0.124 e. The zero-order valence-corrected chi connectivity index (χ0v) is 9.93. The lowest BCUT2D eigenvalue weighted by molar-refractivity contribution is 0.569. The van der Waals surface area contributed by atoms with Gasteiger partial charge in [0.1, 0.15) is 5.82 Å². The molecule has 0 spiro atoms. The zero-order valence-electron chi connectivity index (χ0n) is 7.77. The molecular formula is C10H13FIN. The topological polar surface area (TPSA) is 12.0 Å². The Hall–Kier alpha value is -0.160. The van der Waals surface area contributed by atoms with Crippen LogP contribution in [0.15, 0.2) is 18.2 Å². The van der Waals surface area contributed by atoms with E-state index in [0.29, 0.717) is 6.04 Å². The second-order valence-corrected chi connectivity index (χ2v) is 4.08. The van der Waals surface area contributed by atoms with Crippen molar-refractivity contribution in [3.05, 3.63) is 33.1 Å². The number of nitrogens with one attached hydrogen (secondary N) is 1. The third-order valence-corrected chi connectivity index (χ3v) is 3.03.